The van der Waals surface area contributed by atoms with E-state index in [0.717, 1.165) is 0 Å². The summed E-state index contributed by atoms with van der Waals surface area (Å²) in [6.45, 7) is 0. The molecule has 3 nitrogen and oxygen atoms in total. The maximum absolute atomic E-state index is 13.5. The lowest BCUT2D eigenvalue weighted by atomic mass is 10.2. The zero-order chi connectivity index (χ0) is 10.7. The van der Waals surface area contributed by atoms with Gasteiger partial charge in [-0.1, -0.05) is 11.6 Å². The summed E-state index contributed by atoms with van der Waals surface area (Å²) in [5, 5.41) is 8.71. The molecule has 0 spiro atoms. The lowest BCUT2D eigenvalue weighted by Gasteiger charge is -2.09. The fourth-order valence-electron chi connectivity index (χ4n) is 1.05. The van der Waals surface area contributed by atoms with Gasteiger partial charge in [-0.05, 0) is 6.07 Å². The van der Waals surface area contributed by atoms with Crippen molar-refractivity contribution < 1.29 is 13.9 Å². The minimum atomic E-state index is -0.765. The Kier molecular flexibility index (Phi) is 3.15. The minimum Gasteiger partial charge on any atom is -0.492 e. The van der Waals surface area contributed by atoms with Crippen molar-refractivity contribution in [3.05, 3.63) is 22.5 Å². The van der Waals surface area contributed by atoms with Gasteiger partial charge in [-0.25, -0.2) is 0 Å². The molecule has 0 fully saturated rings. The average Bonchev–Trinajstić information content (AvgIpc) is 2.17. The summed E-state index contributed by atoms with van der Waals surface area (Å²) in [6.07, 6.45) is 0. The van der Waals surface area contributed by atoms with Crippen LogP contribution in [0.1, 0.15) is 5.56 Å². The maximum atomic E-state index is 13.5. The molecule has 5 heteroatoms. The highest BCUT2D eigenvalue weighted by Crippen LogP contribution is 2.36. The summed E-state index contributed by atoms with van der Waals surface area (Å²) in [4.78, 5) is 0. The van der Waals surface area contributed by atoms with Gasteiger partial charge < -0.3 is 9.47 Å². The Morgan fingerprint density at radius 3 is 2.36 bits per heavy atom. The quantitative estimate of drug-likeness (QED) is 0.761. The largest absolute Gasteiger partial charge is 0.492 e. The second-order valence-corrected chi connectivity index (χ2v) is 2.81. The van der Waals surface area contributed by atoms with E-state index in [4.69, 9.17) is 26.3 Å². The predicted molar refractivity (Wildman–Crippen MR) is 49.2 cm³/mol. The first kappa shape index (κ1) is 10.6. The number of halogens is 2. The molecule has 0 aliphatic rings. The van der Waals surface area contributed by atoms with Crippen molar-refractivity contribution in [2.24, 2.45) is 0 Å². The van der Waals surface area contributed by atoms with Crippen molar-refractivity contribution in [2.75, 3.05) is 14.2 Å². The molecular formula is C9H7ClFNO2. The van der Waals surface area contributed by atoms with E-state index in [-0.39, 0.29) is 22.1 Å². The number of nitrogens with zero attached hydrogens (tertiary/aromatic N) is 1. The van der Waals surface area contributed by atoms with Crippen molar-refractivity contribution in [3.63, 3.8) is 0 Å². The standard InChI is InChI=1S/C9H7ClFNO2/c1-13-8-5(4-12)3-6(10)9(14-2)7(8)11/h3H,1-2H3. The molecule has 1 aromatic rings. The van der Waals surface area contributed by atoms with Crippen molar-refractivity contribution in [2.45, 2.75) is 0 Å². The van der Waals surface area contributed by atoms with Crippen molar-refractivity contribution in [1.82, 2.24) is 0 Å². The first-order chi connectivity index (χ1) is 6.65. The van der Waals surface area contributed by atoms with Gasteiger partial charge >= 0.3 is 0 Å². The van der Waals surface area contributed by atoms with E-state index in [2.05, 4.69) is 0 Å². The van der Waals surface area contributed by atoms with E-state index >= 15 is 0 Å². The fraction of sp³-hybridized carbons (Fsp3) is 0.222. The van der Waals surface area contributed by atoms with E-state index in [1.807, 2.05) is 0 Å². The monoisotopic (exact) mass is 215 g/mol. The molecule has 0 aromatic heterocycles. The Hall–Kier alpha value is -1.47. The molecule has 0 unspecified atom stereocenters. The third-order valence-corrected chi connectivity index (χ3v) is 1.94. The molecule has 0 aliphatic heterocycles. The lowest BCUT2D eigenvalue weighted by molar-refractivity contribution is 0.350. The van der Waals surface area contributed by atoms with Crippen LogP contribution in [-0.4, -0.2) is 14.2 Å². The number of ether oxygens (including phenoxy) is 2. The van der Waals surface area contributed by atoms with Crippen LogP contribution in [0.2, 0.25) is 5.02 Å². The molecule has 0 aliphatic carbocycles. The molecule has 0 N–H and O–H groups in total. The van der Waals surface area contributed by atoms with Crippen LogP contribution >= 0.6 is 11.6 Å². The molecule has 0 radical (unpaired) electrons. The van der Waals surface area contributed by atoms with Crippen LogP contribution in [0.4, 0.5) is 4.39 Å². The van der Waals surface area contributed by atoms with Gasteiger partial charge in [0.25, 0.3) is 0 Å². The predicted octanol–water partition coefficient (Wildman–Crippen LogP) is 2.37. The Bertz CT molecular complexity index is 401. The highest BCUT2D eigenvalue weighted by Gasteiger charge is 2.18. The number of hydrogen-bond donors (Lipinski definition) is 0. The summed E-state index contributed by atoms with van der Waals surface area (Å²) in [5.41, 5.74) is 0.0378. The third-order valence-electron chi connectivity index (χ3n) is 1.66. The molecule has 0 atom stereocenters. The number of nitriles is 1. The number of hydrogen-bond acceptors (Lipinski definition) is 3. The van der Waals surface area contributed by atoms with Crippen LogP contribution in [0, 0.1) is 17.1 Å². The molecule has 74 valence electrons. The zero-order valence-electron chi connectivity index (χ0n) is 7.60. The minimum absolute atomic E-state index is 0.0378. The Balaban J connectivity index is 3.49. The molecule has 0 saturated carbocycles. The van der Waals surface area contributed by atoms with Gasteiger partial charge in [0, 0.05) is 0 Å². The van der Waals surface area contributed by atoms with E-state index in [0.29, 0.717) is 0 Å². The highest BCUT2D eigenvalue weighted by atomic mass is 35.5. The first-order valence-corrected chi connectivity index (χ1v) is 4.03. The lowest BCUT2D eigenvalue weighted by Crippen LogP contribution is -1.97. The number of benzene rings is 1. The normalized spacial score (nSPS) is 9.36. The SMILES string of the molecule is COc1c(Cl)cc(C#N)c(OC)c1F. The fourth-order valence-corrected chi connectivity index (χ4v) is 1.32. The van der Waals surface area contributed by atoms with Crippen LogP contribution in [0.5, 0.6) is 11.5 Å². The molecule has 1 aromatic carbocycles. The Morgan fingerprint density at radius 2 is 1.93 bits per heavy atom. The summed E-state index contributed by atoms with van der Waals surface area (Å²) < 4.78 is 22.9. The molecule has 0 bridgehead atoms. The second-order valence-electron chi connectivity index (χ2n) is 2.40. The molecule has 0 amide bonds. The summed E-state index contributed by atoms with van der Waals surface area (Å²) >= 11 is 5.67. The Labute approximate surface area is 85.6 Å². The smallest absolute Gasteiger partial charge is 0.209 e. The Morgan fingerprint density at radius 1 is 1.36 bits per heavy atom. The van der Waals surface area contributed by atoms with Gasteiger partial charge in [0.1, 0.15) is 6.07 Å². The molecule has 0 saturated heterocycles. The molecular weight excluding hydrogens is 209 g/mol. The van der Waals surface area contributed by atoms with Crippen LogP contribution in [0.15, 0.2) is 6.07 Å². The van der Waals surface area contributed by atoms with Gasteiger partial charge in [-0.2, -0.15) is 9.65 Å². The van der Waals surface area contributed by atoms with Gasteiger partial charge in [0.2, 0.25) is 5.82 Å². The van der Waals surface area contributed by atoms with E-state index in [1.165, 1.54) is 20.3 Å². The molecule has 14 heavy (non-hydrogen) atoms. The summed E-state index contributed by atoms with van der Waals surface area (Å²) in [6, 6.07) is 3.07. The van der Waals surface area contributed by atoms with Crippen LogP contribution in [0.25, 0.3) is 0 Å². The zero-order valence-corrected chi connectivity index (χ0v) is 8.35. The molecule has 0 heterocycles. The van der Waals surface area contributed by atoms with E-state index < -0.39 is 5.82 Å². The summed E-state index contributed by atoms with van der Waals surface area (Å²) in [7, 11) is 2.56. The number of rotatable bonds is 2. The third kappa shape index (κ3) is 1.59. The van der Waals surface area contributed by atoms with E-state index in [1.54, 1.807) is 6.07 Å². The van der Waals surface area contributed by atoms with Crippen molar-refractivity contribution in [3.8, 4) is 17.6 Å². The van der Waals surface area contributed by atoms with Gasteiger partial charge in [-0.3, -0.25) is 0 Å². The highest BCUT2D eigenvalue weighted by molar-refractivity contribution is 6.32. The second kappa shape index (κ2) is 4.16. The first-order valence-electron chi connectivity index (χ1n) is 3.65. The topological polar surface area (TPSA) is 42.2 Å². The van der Waals surface area contributed by atoms with Crippen molar-refractivity contribution in [1.29, 1.82) is 5.26 Å². The van der Waals surface area contributed by atoms with Crippen molar-refractivity contribution >= 4 is 11.6 Å². The number of methoxy groups -OCH3 is 2. The van der Waals surface area contributed by atoms with Crippen LogP contribution in [0.3, 0.4) is 0 Å². The average molecular weight is 216 g/mol. The van der Waals surface area contributed by atoms with Crippen LogP contribution in [-0.2, 0) is 0 Å². The van der Waals surface area contributed by atoms with E-state index in [9.17, 15) is 4.39 Å². The molecule has 1 rings (SSSR count). The maximum Gasteiger partial charge on any atom is 0.209 e. The van der Waals surface area contributed by atoms with Crippen LogP contribution < -0.4 is 9.47 Å². The van der Waals surface area contributed by atoms with Gasteiger partial charge in [0.15, 0.2) is 11.5 Å². The van der Waals surface area contributed by atoms with Gasteiger partial charge in [-0.15, -0.1) is 0 Å². The summed E-state index contributed by atoms with van der Waals surface area (Å²) in [5.74, 6) is -1.05. The van der Waals surface area contributed by atoms with Gasteiger partial charge in [0.05, 0.1) is 24.8 Å².